The third-order valence-corrected chi connectivity index (χ3v) is 3.60. The minimum atomic E-state index is -0.951. The molecule has 0 unspecified atom stereocenters. The van der Waals surface area contributed by atoms with Crippen LogP contribution in [-0.4, -0.2) is 15.6 Å². The van der Waals surface area contributed by atoms with Crippen molar-refractivity contribution in [2.75, 3.05) is 0 Å². The van der Waals surface area contributed by atoms with E-state index in [2.05, 4.69) is 6.07 Å². The molecule has 0 fully saturated rings. The molecule has 3 rings (SSSR count). The minimum absolute atomic E-state index is 0.244. The van der Waals surface area contributed by atoms with Crippen molar-refractivity contribution < 1.29 is 9.90 Å². The van der Waals surface area contributed by atoms with Gasteiger partial charge >= 0.3 is 5.97 Å². The molecule has 0 radical (unpaired) electrons. The molecular weight excluding hydrogens is 264 g/mol. The van der Waals surface area contributed by atoms with Crippen molar-refractivity contribution in [3.63, 3.8) is 0 Å². The maximum absolute atomic E-state index is 10.9. The summed E-state index contributed by atoms with van der Waals surface area (Å²) in [5.41, 5.74) is 3.52. The van der Waals surface area contributed by atoms with E-state index in [0.29, 0.717) is 5.56 Å². The van der Waals surface area contributed by atoms with E-state index in [-0.39, 0.29) is 5.56 Å². The van der Waals surface area contributed by atoms with E-state index in [1.807, 2.05) is 35.8 Å². The van der Waals surface area contributed by atoms with Gasteiger partial charge in [-0.2, -0.15) is 5.26 Å². The van der Waals surface area contributed by atoms with Gasteiger partial charge in [-0.1, -0.05) is 18.2 Å². The molecule has 4 heteroatoms. The molecule has 0 aliphatic heterocycles. The van der Waals surface area contributed by atoms with Crippen LogP contribution in [0.3, 0.4) is 0 Å². The van der Waals surface area contributed by atoms with Gasteiger partial charge < -0.3 is 9.67 Å². The standard InChI is InChI=1S/C17H12N2O2/c1-11-15(10-18)14-4-2-3-5-16(14)19(11)13-8-6-12(7-9-13)17(20)21/h2-9H,1H3,(H,20,21). The summed E-state index contributed by atoms with van der Waals surface area (Å²) in [6.07, 6.45) is 0. The molecule has 0 aliphatic rings. The Morgan fingerprint density at radius 1 is 1.14 bits per heavy atom. The summed E-state index contributed by atoms with van der Waals surface area (Å²) in [4.78, 5) is 10.9. The van der Waals surface area contributed by atoms with Crippen molar-refractivity contribution in [1.82, 2.24) is 4.57 Å². The van der Waals surface area contributed by atoms with Crippen molar-refractivity contribution in [1.29, 1.82) is 5.26 Å². The highest BCUT2D eigenvalue weighted by molar-refractivity contribution is 5.90. The number of para-hydroxylation sites is 1. The van der Waals surface area contributed by atoms with Crippen LogP contribution < -0.4 is 0 Å². The highest BCUT2D eigenvalue weighted by Crippen LogP contribution is 2.28. The lowest BCUT2D eigenvalue weighted by atomic mass is 10.1. The number of nitrogens with zero attached hydrogens (tertiary/aromatic N) is 2. The van der Waals surface area contributed by atoms with Gasteiger partial charge in [-0.25, -0.2) is 4.79 Å². The molecule has 1 aromatic heterocycles. The van der Waals surface area contributed by atoms with Gasteiger partial charge in [-0.15, -0.1) is 0 Å². The summed E-state index contributed by atoms with van der Waals surface area (Å²) in [5.74, 6) is -0.951. The number of carbonyl (C=O) groups is 1. The lowest BCUT2D eigenvalue weighted by molar-refractivity contribution is 0.0697. The van der Waals surface area contributed by atoms with Crippen LogP contribution in [0, 0.1) is 18.3 Å². The Morgan fingerprint density at radius 2 is 1.81 bits per heavy atom. The second-order valence-corrected chi connectivity index (χ2v) is 4.78. The third kappa shape index (κ3) is 1.96. The monoisotopic (exact) mass is 276 g/mol. The van der Waals surface area contributed by atoms with Crippen LogP contribution in [0.15, 0.2) is 48.5 Å². The first kappa shape index (κ1) is 12.9. The molecule has 21 heavy (non-hydrogen) atoms. The van der Waals surface area contributed by atoms with Crippen LogP contribution in [0.25, 0.3) is 16.6 Å². The van der Waals surface area contributed by atoms with Crippen molar-refractivity contribution >= 4 is 16.9 Å². The SMILES string of the molecule is Cc1c(C#N)c2ccccc2n1-c1ccc(C(=O)O)cc1. The number of carboxylic acid groups (broad SMARTS) is 1. The van der Waals surface area contributed by atoms with E-state index in [4.69, 9.17) is 5.11 Å². The molecule has 3 aromatic rings. The molecule has 4 nitrogen and oxygen atoms in total. The molecule has 2 aromatic carbocycles. The number of benzene rings is 2. The van der Waals surface area contributed by atoms with Crippen LogP contribution in [0.5, 0.6) is 0 Å². The number of hydrogen-bond donors (Lipinski definition) is 1. The summed E-state index contributed by atoms with van der Waals surface area (Å²) in [5, 5.41) is 19.2. The van der Waals surface area contributed by atoms with E-state index in [1.165, 1.54) is 0 Å². The van der Waals surface area contributed by atoms with Crippen LogP contribution in [-0.2, 0) is 0 Å². The van der Waals surface area contributed by atoms with Gasteiger partial charge in [-0.05, 0) is 37.3 Å². The molecular formula is C17H12N2O2. The minimum Gasteiger partial charge on any atom is -0.478 e. The Labute approximate surface area is 121 Å². The Kier molecular flexibility index (Phi) is 2.96. The van der Waals surface area contributed by atoms with Crippen LogP contribution in [0.1, 0.15) is 21.6 Å². The van der Waals surface area contributed by atoms with Gasteiger partial charge in [0.1, 0.15) is 6.07 Å². The average Bonchev–Trinajstić information content (AvgIpc) is 2.78. The fraction of sp³-hybridized carbons (Fsp3) is 0.0588. The zero-order valence-electron chi connectivity index (χ0n) is 11.4. The molecule has 0 saturated heterocycles. The van der Waals surface area contributed by atoms with Crippen LogP contribution >= 0.6 is 0 Å². The van der Waals surface area contributed by atoms with Crippen molar-refractivity contribution in [2.45, 2.75) is 6.92 Å². The number of hydrogen-bond acceptors (Lipinski definition) is 2. The molecule has 0 spiro atoms. The van der Waals surface area contributed by atoms with Gasteiger partial charge in [0, 0.05) is 16.8 Å². The smallest absolute Gasteiger partial charge is 0.335 e. The molecule has 1 heterocycles. The first-order valence-electron chi connectivity index (χ1n) is 6.47. The summed E-state index contributed by atoms with van der Waals surface area (Å²) < 4.78 is 1.97. The Balaban J connectivity index is 2.28. The average molecular weight is 276 g/mol. The van der Waals surface area contributed by atoms with E-state index < -0.39 is 5.97 Å². The molecule has 0 atom stereocenters. The van der Waals surface area contributed by atoms with E-state index in [1.54, 1.807) is 24.3 Å². The van der Waals surface area contributed by atoms with Gasteiger partial charge in [0.15, 0.2) is 0 Å². The van der Waals surface area contributed by atoms with Gasteiger partial charge in [0.25, 0.3) is 0 Å². The van der Waals surface area contributed by atoms with Gasteiger partial charge in [0.2, 0.25) is 0 Å². The van der Waals surface area contributed by atoms with Crippen molar-refractivity contribution in [2.24, 2.45) is 0 Å². The highest BCUT2D eigenvalue weighted by atomic mass is 16.4. The molecule has 0 saturated carbocycles. The van der Waals surface area contributed by atoms with Crippen molar-refractivity contribution in [3.05, 3.63) is 65.4 Å². The number of aromatic nitrogens is 1. The number of aromatic carboxylic acids is 1. The summed E-state index contributed by atoms with van der Waals surface area (Å²) >= 11 is 0. The maximum Gasteiger partial charge on any atom is 0.335 e. The summed E-state index contributed by atoms with van der Waals surface area (Å²) in [6.45, 7) is 1.89. The first-order valence-corrected chi connectivity index (χ1v) is 6.47. The fourth-order valence-corrected chi connectivity index (χ4v) is 2.59. The predicted octanol–water partition coefficient (Wildman–Crippen LogP) is 3.51. The Hall–Kier alpha value is -3.06. The maximum atomic E-state index is 10.9. The number of rotatable bonds is 2. The molecule has 0 aliphatic carbocycles. The van der Waals surface area contributed by atoms with Crippen LogP contribution in [0.4, 0.5) is 0 Å². The van der Waals surface area contributed by atoms with Gasteiger partial charge in [0.05, 0.1) is 16.6 Å². The lowest BCUT2D eigenvalue weighted by Crippen LogP contribution is -1.99. The molecule has 102 valence electrons. The van der Waals surface area contributed by atoms with E-state index >= 15 is 0 Å². The lowest BCUT2D eigenvalue weighted by Gasteiger charge is -2.08. The Morgan fingerprint density at radius 3 is 2.43 bits per heavy atom. The normalized spacial score (nSPS) is 10.5. The second-order valence-electron chi connectivity index (χ2n) is 4.78. The Bertz CT molecular complexity index is 884. The number of nitriles is 1. The topological polar surface area (TPSA) is 66.0 Å². The van der Waals surface area contributed by atoms with E-state index in [0.717, 1.165) is 22.3 Å². The largest absolute Gasteiger partial charge is 0.478 e. The second kappa shape index (κ2) is 4.80. The third-order valence-electron chi connectivity index (χ3n) is 3.60. The quantitative estimate of drug-likeness (QED) is 0.778. The molecule has 0 amide bonds. The fourth-order valence-electron chi connectivity index (χ4n) is 2.59. The zero-order valence-corrected chi connectivity index (χ0v) is 11.4. The number of carboxylic acids is 1. The summed E-state index contributed by atoms with van der Waals surface area (Å²) in [7, 11) is 0. The summed E-state index contributed by atoms with van der Waals surface area (Å²) in [6, 6.07) is 16.6. The molecule has 1 N–H and O–H groups in total. The molecule has 0 bridgehead atoms. The van der Waals surface area contributed by atoms with Crippen LogP contribution in [0.2, 0.25) is 0 Å². The number of fused-ring (bicyclic) bond motifs is 1. The van der Waals surface area contributed by atoms with Gasteiger partial charge in [-0.3, -0.25) is 0 Å². The van der Waals surface area contributed by atoms with E-state index in [9.17, 15) is 10.1 Å². The van der Waals surface area contributed by atoms with Crippen molar-refractivity contribution in [3.8, 4) is 11.8 Å². The zero-order chi connectivity index (χ0) is 15.0. The first-order chi connectivity index (χ1) is 10.1. The predicted molar refractivity (Wildman–Crippen MR) is 79.7 cm³/mol. The highest BCUT2D eigenvalue weighted by Gasteiger charge is 2.14.